The molecule has 0 saturated carbocycles. The van der Waals surface area contributed by atoms with Crippen LogP contribution in [0.25, 0.3) is 0 Å². The van der Waals surface area contributed by atoms with Crippen LogP contribution in [0.1, 0.15) is 12.0 Å². The van der Waals surface area contributed by atoms with Crippen molar-refractivity contribution in [2.24, 2.45) is 5.73 Å². The Morgan fingerprint density at radius 2 is 2.05 bits per heavy atom. The van der Waals surface area contributed by atoms with Gasteiger partial charge in [-0.25, -0.2) is 0 Å². The van der Waals surface area contributed by atoms with Crippen LogP contribution in [-0.4, -0.2) is 32.2 Å². The molecule has 1 rings (SSSR count). The van der Waals surface area contributed by atoms with E-state index in [1.54, 1.807) is 7.11 Å². The van der Waals surface area contributed by atoms with Gasteiger partial charge in [0.25, 0.3) is 0 Å². The molecule has 1 amide bonds. The lowest BCUT2D eigenvalue weighted by Crippen LogP contribution is -2.33. The highest BCUT2D eigenvalue weighted by Crippen LogP contribution is 2.10. The molecule has 1 aromatic carbocycles. The number of amides is 1. The monoisotopic (exact) mass is 350 g/mol. The normalized spacial score (nSPS) is 11.5. The minimum Gasteiger partial charge on any atom is -0.380 e. The molecule has 0 aliphatic heterocycles. The predicted octanol–water partition coefficient (Wildman–Crippen LogP) is 1.89. The van der Waals surface area contributed by atoms with Gasteiger partial charge in [0.15, 0.2) is 0 Å². The Bertz CT molecular complexity index is 369. The fourth-order valence-electron chi connectivity index (χ4n) is 1.54. The summed E-state index contributed by atoms with van der Waals surface area (Å²) >= 11 is 3.38. The highest BCUT2D eigenvalue weighted by atomic mass is 79.9. The van der Waals surface area contributed by atoms with Crippen molar-refractivity contribution in [1.29, 1.82) is 0 Å². The molecular weight excluding hydrogens is 332 g/mol. The summed E-state index contributed by atoms with van der Waals surface area (Å²) in [5.41, 5.74) is 6.65. The van der Waals surface area contributed by atoms with E-state index in [9.17, 15) is 4.79 Å². The molecule has 0 aliphatic carbocycles. The van der Waals surface area contributed by atoms with E-state index in [4.69, 9.17) is 10.5 Å². The standard InChI is InChI=1S/C13H19BrN2O2.ClH/c1-18-12(9-15)8-13(17)16-7-6-10-2-4-11(14)5-3-10;/h2-5,12H,6-9,15H2,1H3,(H,16,17);1H. The Labute approximate surface area is 128 Å². The highest BCUT2D eigenvalue weighted by molar-refractivity contribution is 9.10. The average Bonchev–Trinajstić information content (AvgIpc) is 2.38. The van der Waals surface area contributed by atoms with Crippen LogP contribution >= 0.6 is 28.3 Å². The molecule has 0 radical (unpaired) electrons. The summed E-state index contributed by atoms with van der Waals surface area (Å²) in [6.45, 7) is 0.984. The number of halogens is 2. The molecule has 1 atom stereocenters. The minimum absolute atomic E-state index is 0. The largest absolute Gasteiger partial charge is 0.380 e. The van der Waals surface area contributed by atoms with Crippen molar-refractivity contribution in [1.82, 2.24) is 5.32 Å². The number of carbonyl (C=O) groups is 1. The van der Waals surface area contributed by atoms with Crippen molar-refractivity contribution in [3.63, 3.8) is 0 Å². The third-order valence-corrected chi connectivity index (χ3v) is 3.19. The first-order valence-electron chi connectivity index (χ1n) is 5.89. The summed E-state index contributed by atoms with van der Waals surface area (Å²) in [6.07, 6.45) is 0.935. The van der Waals surface area contributed by atoms with Gasteiger partial charge in [-0.05, 0) is 24.1 Å². The SMILES string of the molecule is COC(CN)CC(=O)NCCc1ccc(Br)cc1.Cl. The fraction of sp³-hybridized carbons (Fsp3) is 0.462. The molecule has 6 heteroatoms. The lowest BCUT2D eigenvalue weighted by Gasteiger charge is -2.12. The number of carbonyl (C=O) groups excluding carboxylic acids is 1. The number of ether oxygens (including phenoxy) is 1. The van der Waals surface area contributed by atoms with Gasteiger partial charge in [-0.2, -0.15) is 0 Å². The van der Waals surface area contributed by atoms with Crippen LogP contribution < -0.4 is 11.1 Å². The van der Waals surface area contributed by atoms with Crippen molar-refractivity contribution in [3.05, 3.63) is 34.3 Å². The van der Waals surface area contributed by atoms with Gasteiger partial charge in [-0.15, -0.1) is 12.4 Å². The smallest absolute Gasteiger partial charge is 0.222 e. The van der Waals surface area contributed by atoms with Crippen LogP contribution in [0.5, 0.6) is 0 Å². The summed E-state index contributed by atoms with van der Waals surface area (Å²) in [5, 5.41) is 2.86. The topological polar surface area (TPSA) is 64.3 Å². The van der Waals surface area contributed by atoms with Gasteiger partial charge in [-0.3, -0.25) is 4.79 Å². The number of nitrogens with two attached hydrogens (primary N) is 1. The lowest BCUT2D eigenvalue weighted by atomic mass is 10.1. The van der Waals surface area contributed by atoms with Gasteiger partial charge in [0.05, 0.1) is 12.5 Å². The molecule has 1 unspecified atom stereocenters. The Kier molecular flexibility index (Phi) is 9.87. The van der Waals surface area contributed by atoms with E-state index in [1.165, 1.54) is 5.56 Å². The van der Waals surface area contributed by atoms with Gasteiger partial charge < -0.3 is 15.8 Å². The Hall–Kier alpha value is -0.620. The third kappa shape index (κ3) is 7.52. The maximum absolute atomic E-state index is 11.6. The second kappa shape index (κ2) is 10.2. The van der Waals surface area contributed by atoms with E-state index in [0.717, 1.165) is 10.9 Å². The molecule has 19 heavy (non-hydrogen) atoms. The molecule has 0 aliphatic rings. The molecule has 0 heterocycles. The number of methoxy groups -OCH3 is 1. The summed E-state index contributed by atoms with van der Waals surface area (Å²) < 4.78 is 6.11. The average molecular weight is 352 g/mol. The first-order valence-corrected chi connectivity index (χ1v) is 6.69. The van der Waals surface area contributed by atoms with Crippen molar-refractivity contribution in [2.45, 2.75) is 18.9 Å². The van der Waals surface area contributed by atoms with Crippen molar-refractivity contribution >= 4 is 34.2 Å². The summed E-state index contributed by atoms with van der Waals surface area (Å²) in [4.78, 5) is 11.6. The maximum atomic E-state index is 11.6. The number of benzene rings is 1. The molecule has 1 aromatic rings. The van der Waals surface area contributed by atoms with E-state index in [0.29, 0.717) is 19.5 Å². The number of hydrogen-bond donors (Lipinski definition) is 2. The molecule has 0 aromatic heterocycles. The third-order valence-electron chi connectivity index (χ3n) is 2.66. The van der Waals surface area contributed by atoms with E-state index in [2.05, 4.69) is 21.2 Å². The van der Waals surface area contributed by atoms with Gasteiger partial charge in [-0.1, -0.05) is 28.1 Å². The Morgan fingerprint density at radius 1 is 1.42 bits per heavy atom. The van der Waals surface area contributed by atoms with Gasteiger partial charge in [0.1, 0.15) is 0 Å². The van der Waals surface area contributed by atoms with E-state index < -0.39 is 0 Å². The fourth-order valence-corrected chi connectivity index (χ4v) is 1.80. The van der Waals surface area contributed by atoms with Crippen molar-refractivity contribution in [3.8, 4) is 0 Å². The zero-order chi connectivity index (χ0) is 13.4. The Morgan fingerprint density at radius 3 is 2.58 bits per heavy atom. The van der Waals surface area contributed by atoms with Gasteiger partial charge in [0.2, 0.25) is 5.91 Å². The first-order chi connectivity index (χ1) is 8.65. The lowest BCUT2D eigenvalue weighted by molar-refractivity contribution is -0.123. The van der Waals surface area contributed by atoms with Gasteiger partial charge >= 0.3 is 0 Å². The van der Waals surface area contributed by atoms with Crippen LogP contribution in [-0.2, 0) is 16.0 Å². The maximum Gasteiger partial charge on any atom is 0.222 e. The molecule has 0 saturated heterocycles. The summed E-state index contributed by atoms with van der Waals surface area (Å²) in [6, 6.07) is 8.06. The van der Waals surface area contributed by atoms with Gasteiger partial charge in [0, 0.05) is 24.7 Å². The van der Waals surface area contributed by atoms with E-state index in [1.807, 2.05) is 24.3 Å². The quantitative estimate of drug-likeness (QED) is 0.788. The van der Waals surface area contributed by atoms with Crippen LogP contribution in [0.3, 0.4) is 0 Å². The predicted molar refractivity (Wildman–Crippen MR) is 82.6 cm³/mol. The molecule has 0 spiro atoms. The Balaban J connectivity index is 0.00000324. The summed E-state index contributed by atoms with van der Waals surface area (Å²) in [7, 11) is 1.56. The second-order valence-corrected chi connectivity index (χ2v) is 4.94. The number of hydrogen-bond acceptors (Lipinski definition) is 3. The van der Waals surface area contributed by atoms with Crippen LogP contribution in [0.15, 0.2) is 28.7 Å². The molecule has 0 bridgehead atoms. The second-order valence-electron chi connectivity index (χ2n) is 4.02. The molecule has 108 valence electrons. The van der Waals surface area contributed by atoms with E-state index >= 15 is 0 Å². The van der Waals surface area contributed by atoms with Crippen LogP contribution in [0.4, 0.5) is 0 Å². The molecular formula is C13H20BrClN2O2. The number of nitrogens with one attached hydrogen (secondary N) is 1. The van der Waals surface area contributed by atoms with E-state index in [-0.39, 0.29) is 24.4 Å². The zero-order valence-electron chi connectivity index (χ0n) is 10.9. The van der Waals surface area contributed by atoms with Crippen molar-refractivity contribution in [2.75, 3.05) is 20.2 Å². The zero-order valence-corrected chi connectivity index (χ0v) is 13.3. The molecule has 3 N–H and O–H groups in total. The number of rotatable bonds is 7. The molecule has 0 fully saturated rings. The highest BCUT2D eigenvalue weighted by Gasteiger charge is 2.10. The van der Waals surface area contributed by atoms with Crippen LogP contribution in [0, 0.1) is 0 Å². The van der Waals surface area contributed by atoms with Crippen molar-refractivity contribution < 1.29 is 9.53 Å². The minimum atomic E-state index is -0.197. The van der Waals surface area contributed by atoms with Crippen LogP contribution in [0.2, 0.25) is 0 Å². The first kappa shape index (κ1) is 18.4. The molecule has 4 nitrogen and oxygen atoms in total. The summed E-state index contributed by atoms with van der Waals surface area (Å²) in [5.74, 6) is -0.0237.